The van der Waals surface area contributed by atoms with E-state index in [1.54, 1.807) is 36.4 Å². The Hall–Kier alpha value is -1.96. The van der Waals surface area contributed by atoms with Crippen molar-refractivity contribution in [1.82, 2.24) is 9.80 Å². The standard InChI is InChI=1S/C20H20Cl2N2O4/c21-17-6-5-13(9-18(17)22)10-23(7-8-25)11-14(26)12-24-19(27)15-3-1-2-4-16(15)20(24)28/h1-6,9,14,25-26H,7-8,10-12H2/t14-/m1/s1. The second-order valence-electron chi connectivity index (χ2n) is 6.63. The topological polar surface area (TPSA) is 81.1 Å². The van der Waals surface area contributed by atoms with Crippen molar-refractivity contribution in [2.24, 2.45) is 0 Å². The molecule has 3 rings (SSSR count). The van der Waals surface area contributed by atoms with Crippen LogP contribution in [0.3, 0.4) is 0 Å². The third-order valence-corrected chi connectivity index (χ3v) is 5.29. The molecular weight excluding hydrogens is 403 g/mol. The average molecular weight is 423 g/mol. The number of hydrogen-bond donors (Lipinski definition) is 2. The Balaban J connectivity index is 1.64. The summed E-state index contributed by atoms with van der Waals surface area (Å²) in [4.78, 5) is 27.7. The lowest BCUT2D eigenvalue weighted by Gasteiger charge is -2.26. The fourth-order valence-electron chi connectivity index (χ4n) is 3.24. The van der Waals surface area contributed by atoms with Crippen molar-refractivity contribution in [2.75, 3.05) is 26.2 Å². The van der Waals surface area contributed by atoms with Crippen LogP contribution in [-0.4, -0.2) is 64.2 Å². The Morgan fingerprint density at radius 2 is 1.64 bits per heavy atom. The van der Waals surface area contributed by atoms with Gasteiger partial charge in [0.05, 0.1) is 40.4 Å². The number of rotatable bonds is 8. The fourth-order valence-corrected chi connectivity index (χ4v) is 3.56. The maximum Gasteiger partial charge on any atom is 0.261 e. The molecule has 2 aromatic carbocycles. The first kappa shape index (κ1) is 20.8. The maximum atomic E-state index is 12.4. The van der Waals surface area contributed by atoms with E-state index in [0.717, 1.165) is 10.5 Å². The number of nitrogens with zero attached hydrogens (tertiary/aromatic N) is 2. The second kappa shape index (κ2) is 9.03. The van der Waals surface area contributed by atoms with E-state index in [-0.39, 0.29) is 19.7 Å². The monoisotopic (exact) mass is 422 g/mol. The van der Waals surface area contributed by atoms with Crippen LogP contribution in [0.4, 0.5) is 0 Å². The van der Waals surface area contributed by atoms with Crippen LogP contribution in [0.1, 0.15) is 26.3 Å². The van der Waals surface area contributed by atoms with Crippen LogP contribution < -0.4 is 0 Å². The van der Waals surface area contributed by atoms with Gasteiger partial charge in [-0.1, -0.05) is 41.4 Å². The van der Waals surface area contributed by atoms with Crippen LogP contribution in [0, 0.1) is 0 Å². The van der Waals surface area contributed by atoms with Crippen LogP contribution >= 0.6 is 23.2 Å². The summed E-state index contributed by atoms with van der Waals surface area (Å²) in [6.45, 7) is 0.709. The zero-order chi connectivity index (χ0) is 20.3. The Labute approximate surface area is 172 Å². The summed E-state index contributed by atoms with van der Waals surface area (Å²) in [5.41, 5.74) is 1.57. The molecule has 1 aliphatic rings. The number of carbonyl (C=O) groups excluding carboxylic acids is 2. The number of imide groups is 1. The first-order chi connectivity index (χ1) is 13.4. The van der Waals surface area contributed by atoms with Crippen molar-refractivity contribution in [3.05, 3.63) is 69.2 Å². The largest absolute Gasteiger partial charge is 0.395 e. The van der Waals surface area contributed by atoms with Crippen LogP contribution in [-0.2, 0) is 6.54 Å². The molecule has 0 fully saturated rings. The van der Waals surface area contributed by atoms with Crippen molar-refractivity contribution in [1.29, 1.82) is 0 Å². The van der Waals surface area contributed by atoms with Crippen molar-refractivity contribution in [2.45, 2.75) is 12.6 Å². The molecule has 0 aliphatic carbocycles. The molecule has 1 atom stereocenters. The second-order valence-corrected chi connectivity index (χ2v) is 7.44. The molecule has 0 bridgehead atoms. The summed E-state index contributed by atoms with van der Waals surface area (Å²) in [6.07, 6.45) is -0.962. The number of benzene rings is 2. The molecule has 8 heteroatoms. The van der Waals surface area contributed by atoms with E-state index in [9.17, 15) is 19.8 Å². The lowest BCUT2D eigenvalue weighted by molar-refractivity contribution is 0.0447. The molecule has 2 amide bonds. The minimum atomic E-state index is -0.962. The molecule has 1 heterocycles. The van der Waals surface area contributed by atoms with Crippen LogP contribution in [0.5, 0.6) is 0 Å². The number of hydrogen-bond acceptors (Lipinski definition) is 5. The molecule has 148 valence electrons. The molecule has 0 aromatic heterocycles. The van der Waals surface area contributed by atoms with Gasteiger partial charge in [0.2, 0.25) is 0 Å². The van der Waals surface area contributed by atoms with E-state index in [2.05, 4.69) is 0 Å². The van der Waals surface area contributed by atoms with Gasteiger partial charge < -0.3 is 10.2 Å². The van der Waals surface area contributed by atoms with Gasteiger partial charge >= 0.3 is 0 Å². The number of halogens is 2. The van der Waals surface area contributed by atoms with E-state index in [0.29, 0.717) is 34.3 Å². The SMILES string of the molecule is O=C1c2ccccc2C(=O)N1C[C@H](O)CN(CCO)Cc1ccc(Cl)c(Cl)c1. The van der Waals surface area contributed by atoms with Crippen LogP contribution in [0.25, 0.3) is 0 Å². The lowest BCUT2D eigenvalue weighted by atomic mass is 10.1. The third kappa shape index (κ3) is 4.54. The predicted molar refractivity (Wildman–Crippen MR) is 107 cm³/mol. The predicted octanol–water partition coefficient (Wildman–Crippen LogP) is 2.44. The smallest absolute Gasteiger partial charge is 0.261 e. The maximum absolute atomic E-state index is 12.4. The molecule has 28 heavy (non-hydrogen) atoms. The van der Waals surface area contributed by atoms with Crippen molar-refractivity contribution in [3.63, 3.8) is 0 Å². The minimum Gasteiger partial charge on any atom is -0.395 e. The Morgan fingerprint density at radius 3 is 2.21 bits per heavy atom. The van der Waals surface area contributed by atoms with Gasteiger partial charge in [-0.25, -0.2) is 0 Å². The van der Waals surface area contributed by atoms with E-state index in [1.165, 1.54) is 0 Å². The van der Waals surface area contributed by atoms with Crippen LogP contribution in [0.2, 0.25) is 10.0 Å². The molecule has 0 unspecified atom stereocenters. The quantitative estimate of drug-likeness (QED) is 0.638. The van der Waals surface area contributed by atoms with Gasteiger partial charge in [0.1, 0.15) is 0 Å². The molecule has 1 aliphatic heterocycles. The highest BCUT2D eigenvalue weighted by molar-refractivity contribution is 6.42. The summed E-state index contributed by atoms with van der Waals surface area (Å²) in [5.74, 6) is -0.810. The van der Waals surface area contributed by atoms with Gasteiger partial charge in [-0.3, -0.25) is 19.4 Å². The van der Waals surface area contributed by atoms with E-state index < -0.39 is 17.9 Å². The molecule has 2 aromatic rings. The van der Waals surface area contributed by atoms with Crippen molar-refractivity contribution >= 4 is 35.0 Å². The molecule has 6 nitrogen and oxygen atoms in total. The number of aliphatic hydroxyl groups excluding tert-OH is 2. The molecule has 0 saturated heterocycles. The summed E-state index contributed by atoms with van der Waals surface area (Å²) in [7, 11) is 0. The third-order valence-electron chi connectivity index (χ3n) is 4.55. The molecule has 0 saturated carbocycles. The van der Waals surface area contributed by atoms with Gasteiger partial charge in [0.15, 0.2) is 0 Å². The summed E-state index contributed by atoms with van der Waals surface area (Å²) >= 11 is 12.0. The Morgan fingerprint density at radius 1 is 1.00 bits per heavy atom. The van der Waals surface area contributed by atoms with E-state index in [4.69, 9.17) is 23.2 Å². The van der Waals surface area contributed by atoms with Crippen molar-refractivity contribution < 1.29 is 19.8 Å². The molecule has 2 N–H and O–H groups in total. The van der Waals surface area contributed by atoms with Crippen LogP contribution in [0.15, 0.2) is 42.5 Å². The number of β-amino-alcohol motifs (C(OH)–C–C–N with tert-alkyl or cyclic N) is 1. The van der Waals surface area contributed by atoms with Gasteiger partial charge in [0.25, 0.3) is 11.8 Å². The van der Waals surface area contributed by atoms with Crippen molar-refractivity contribution in [3.8, 4) is 0 Å². The first-order valence-corrected chi connectivity index (χ1v) is 9.56. The first-order valence-electron chi connectivity index (χ1n) is 8.81. The minimum absolute atomic E-state index is 0.0962. The normalized spacial score (nSPS) is 14.7. The number of carbonyl (C=O) groups is 2. The van der Waals surface area contributed by atoms with E-state index >= 15 is 0 Å². The number of amides is 2. The highest BCUT2D eigenvalue weighted by Crippen LogP contribution is 2.24. The number of fused-ring (bicyclic) bond motifs is 1. The zero-order valence-electron chi connectivity index (χ0n) is 15.0. The van der Waals surface area contributed by atoms with E-state index in [1.807, 2.05) is 11.0 Å². The summed E-state index contributed by atoms with van der Waals surface area (Å²) in [5, 5.41) is 20.7. The molecular formula is C20H20Cl2N2O4. The van der Waals surface area contributed by atoms with Gasteiger partial charge in [-0.15, -0.1) is 0 Å². The lowest BCUT2D eigenvalue weighted by Crippen LogP contribution is -2.43. The Kier molecular flexibility index (Phi) is 6.69. The highest BCUT2D eigenvalue weighted by atomic mass is 35.5. The highest BCUT2D eigenvalue weighted by Gasteiger charge is 2.36. The summed E-state index contributed by atoms with van der Waals surface area (Å²) < 4.78 is 0. The fraction of sp³-hybridized carbons (Fsp3) is 0.300. The molecule has 0 radical (unpaired) electrons. The van der Waals surface area contributed by atoms with Gasteiger partial charge in [0, 0.05) is 19.6 Å². The zero-order valence-corrected chi connectivity index (χ0v) is 16.5. The number of aliphatic hydroxyl groups is 2. The van der Waals surface area contributed by atoms with Gasteiger partial charge in [-0.05, 0) is 29.8 Å². The van der Waals surface area contributed by atoms with Gasteiger partial charge in [-0.2, -0.15) is 0 Å². The molecule has 0 spiro atoms. The average Bonchev–Trinajstić information content (AvgIpc) is 2.90. The Bertz CT molecular complexity index is 855. The summed E-state index contributed by atoms with van der Waals surface area (Å²) in [6, 6.07) is 11.8.